The van der Waals surface area contributed by atoms with Crippen LogP contribution in [-0.4, -0.2) is 18.6 Å². The first kappa shape index (κ1) is 16.4. The predicted octanol–water partition coefficient (Wildman–Crippen LogP) is 4.10. The molecule has 2 rings (SSSR count). The van der Waals surface area contributed by atoms with Crippen molar-refractivity contribution in [3.05, 3.63) is 64.7 Å². The summed E-state index contributed by atoms with van der Waals surface area (Å²) < 4.78 is 5.60. The SMILES string of the molecule is CC(C)Oc1ccc(CCNC(=O)c2ccc(Cl)cc2)cc1. The second-order valence-electron chi connectivity index (χ2n) is 5.32. The number of nitrogens with one attached hydrogen (secondary N) is 1. The third-order valence-corrected chi connectivity index (χ3v) is 3.35. The summed E-state index contributed by atoms with van der Waals surface area (Å²) in [7, 11) is 0. The third kappa shape index (κ3) is 5.08. The molecule has 3 nitrogen and oxygen atoms in total. The lowest BCUT2D eigenvalue weighted by Crippen LogP contribution is -2.25. The minimum Gasteiger partial charge on any atom is -0.491 e. The number of benzene rings is 2. The molecule has 0 saturated heterocycles. The molecule has 4 heteroatoms. The van der Waals surface area contributed by atoms with Crippen molar-refractivity contribution in [2.45, 2.75) is 26.4 Å². The Hall–Kier alpha value is -2.00. The van der Waals surface area contributed by atoms with E-state index >= 15 is 0 Å². The van der Waals surface area contributed by atoms with Gasteiger partial charge in [-0.15, -0.1) is 0 Å². The number of ether oxygens (including phenoxy) is 1. The molecule has 2 aromatic rings. The molecular weight excluding hydrogens is 298 g/mol. The van der Waals surface area contributed by atoms with Crippen molar-refractivity contribution < 1.29 is 9.53 Å². The Morgan fingerprint density at radius 1 is 1.09 bits per heavy atom. The molecule has 22 heavy (non-hydrogen) atoms. The average molecular weight is 318 g/mol. The van der Waals surface area contributed by atoms with Crippen molar-refractivity contribution in [1.82, 2.24) is 5.32 Å². The fourth-order valence-corrected chi connectivity index (χ4v) is 2.16. The summed E-state index contributed by atoms with van der Waals surface area (Å²) in [6.07, 6.45) is 0.950. The monoisotopic (exact) mass is 317 g/mol. The Bertz CT molecular complexity index is 606. The maximum atomic E-state index is 11.9. The maximum Gasteiger partial charge on any atom is 0.251 e. The van der Waals surface area contributed by atoms with Crippen LogP contribution in [0.2, 0.25) is 5.02 Å². The van der Waals surface area contributed by atoms with Gasteiger partial charge in [0, 0.05) is 17.1 Å². The van der Waals surface area contributed by atoms with Gasteiger partial charge in [-0.2, -0.15) is 0 Å². The molecule has 0 atom stereocenters. The van der Waals surface area contributed by atoms with Crippen molar-refractivity contribution in [1.29, 1.82) is 0 Å². The van der Waals surface area contributed by atoms with Crippen LogP contribution in [-0.2, 0) is 6.42 Å². The molecule has 0 radical (unpaired) electrons. The van der Waals surface area contributed by atoms with E-state index in [0.717, 1.165) is 17.7 Å². The second-order valence-corrected chi connectivity index (χ2v) is 5.76. The molecule has 0 aromatic heterocycles. The third-order valence-electron chi connectivity index (χ3n) is 3.10. The summed E-state index contributed by atoms with van der Waals surface area (Å²) in [6.45, 7) is 4.59. The van der Waals surface area contributed by atoms with Gasteiger partial charge in [0.1, 0.15) is 5.75 Å². The molecule has 1 N–H and O–H groups in total. The number of carbonyl (C=O) groups is 1. The fourth-order valence-electron chi connectivity index (χ4n) is 2.03. The molecule has 0 fully saturated rings. The summed E-state index contributed by atoms with van der Waals surface area (Å²) in [4.78, 5) is 11.9. The number of hydrogen-bond donors (Lipinski definition) is 1. The largest absolute Gasteiger partial charge is 0.491 e. The zero-order valence-corrected chi connectivity index (χ0v) is 13.6. The molecule has 0 bridgehead atoms. The number of rotatable bonds is 6. The zero-order chi connectivity index (χ0) is 15.9. The number of halogens is 1. The molecule has 0 aliphatic rings. The minimum atomic E-state index is -0.0866. The Morgan fingerprint density at radius 3 is 2.32 bits per heavy atom. The van der Waals surface area contributed by atoms with E-state index < -0.39 is 0 Å². The summed E-state index contributed by atoms with van der Waals surface area (Å²) in [5.74, 6) is 0.778. The van der Waals surface area contributed by atoms with Gasteiger partial charge in [0.25, 0.3) is 5.91 Å². The minimum absolute atomic E-state index is 0.0866. The average Bonchev–Trinajstić information content (AvgIpc) is 2.49. The van der Waals surface area contributed by atoms with Crippen molar-refractivity contribution in [3.63, 3.8) is 0 Å². The van der Waals surface area contributed by atoms with Gasteiger partial charge in [-0.25, -0.2) is 0 Å². The number of carbonyl (C=O) groups excluding carboxylic acids is 1. The lowest BCUT2D eigenvalue weighted by atomic mass is 10.1. The van der Waals surface area contributed by atoms with Crippen molar-refractivity contribution in [2.24, 2.45) is 0 Å². The number of amides is 1. The molecule has 1 amide bonds. The Morgan fingerprint density at radius 2 is 1.73 bits per heavy atom. The Balaban J connectivity index is 1.80. The van der Waals surface area contributed by atoms with Crippen LogP contribution in [0.3, 0.4) is 0 Å². The maximum absolute atomic E-state index is 11.9. The first-order valence-electron chi connectivity index (χ1n) is 7.34. The molecule has 0 aliphatic carbocycles. The Kier molecular flexibility index (Phi) is 5.84. The normalized spacial score (nSPS) is 10.5. The van der Waals surface area contributed by atoms with Crippen LogP contribution in [0, 0.1) is 0 Å². The second kappa shape index (κ2) is 7.85. The van der Waals surface area contributed by atoms with E-state index in [1.54, 1.807) is 24.3 Å². The lowest BCUT2D eigenvalue weighted by molar-refractivity contribution is 0.0954. The van der Waals surface area contributed by atoms with Crippen LogP contribution in [0.4, 0.5) is 0 Å². The van der Waals surface area contributed by atoms with Crippen molar-refractivity contribution in [3.8, 4) is 5.75 Å². The van der Waals surface area contributed by atoms with Crippen LogP contribution in [0.5, 0.6) is 5.75 Å². The van der Waals surface area contributed by atoms with Gasteiger partial charge in [0.05, 0.1) is 6.10 Å². The van der Waals surface area contributed by atoms with Crippen molar-refractivity contribution >= 4 is 17.5 Å². The quantitative estimate of drug-likeness (QED) is 0.871. The van der Waals surface area contributed by atoms with Gasteiger partial charge in [0.2, 0.25) is 0 Å². The summed E-state index contributed by atoms with van der Waals surface area (Å²) >= 11 is 5.80. The molecule has 2 aromatic carbocycles. The van der Waals surface area contributed by atoms with Gasteiger partial charge < -0.3 is 10.1 Å². The van der Waals surface area contributed by atoms with Gasteiger partial charge in [-0.05, 0) is 62.2 Å². The highest BCUT2D eigenvalue weighted by atomic mass is 35.5. The van der Waals surface area contributed by atoms with E-state index in [9.17, 15) is 4.79 Å². The smallest absolute Gasteiger partial charge is 0.251 e. The highest BCUT2D eigenvalue weighted by Gasteiger charge is 2.04. The molecule has 0 heterocycles. The molecule has 0 saturated carbocycles. The van der Waals surface area contributed by atoms with Gasteiger partial charge in [-0.3, -0.25) is 4.79 Å². The van der Waals surface area contributed by atoms with Crippen LogP contribution >= 0.6 is 11.6 Å². The van der Waals surface area contributed by atoms with Crippen molar-refractivity contribution in [2.75, 3.05) is 6.54 Å². The summed E-state index contributed by atoms with van der Waals surface area (Å²) in [6, 6.07) is 14.8. The molecular formula is C18H20ClNO2. The van der Waals surface area contributed by atoms with Crippen LogP contribution in [0.25, 0.3) is 0 Å². The lowest BCUT2D eigenvalue weighted by Gasteiger charge is -2.10. The molecule has 116 valence electrons. The first-order chi connectivity index (χ1) is 10.5. The van der Waals surface area contributed by atoms with E-state index in [1.165, 1.54) is 0 Å². The zero-order valence-electron chi connectivity index (χ0n) is 12.8. The van der Waals surface area contributed by atoms with E-state index in [4.69, 9.17) is 16.3 Å². The molecule has 0 spiro atoms. The van der Waals surface area contributed by atoms with E-state index in [0.29, 0.717) is 17.1 Å². The summed E-state index contributed by atoms with van der Waals surface area (Å²) in [5, 5.41) is 3.53. The standard InChI is InChI=1S/C18H20ClNO2/c1-13(2)22-17-9-3-14(4-10-17)11-12-20-18(21)15-5-7-16(19)8-6-15/h3-10,13H,11-12H2,1-2H3,(H,20,21). The molecule has 0 aliphatic heterocycles. The first-order valence-corrected chi connectivity index (χ1v) is 7.72. The van der Waals surface area contributed by atoms with E-state index in [1.807, 2.05) is 38.1 Å². The van der Waals surface area contributed by atoms with Gasteiger partial charge in [-0.1, -0.05) is 23.7 Å². The number of hydrogen-bond acceptors (Lipinski definition) is 2. The van der Waals surface area contributed by atoms with Crippen LogP contribution in [0.1, 0.15) is 29.8 Å². The Labute approximate surface area is 136 Å². The summed E-state index contributed by atoms with van der Waals surface area (Å²) in [5.41, 5.74) is 1.78. The van der Waals surface area contributed by atoms with Crippen LogP contribution in [0.15, 0.2) is 48.5 Å². The molecule has 0 unspecified atom stereocenters. The highest BCUT2D eigenvalue weighted by Crippen LogP contribution is 2.14. The van der Waals surface area contributed by atoms with Crippen LogP contribution < -0.4 is 10.1 Å². The topological polar surface area (TPSA) is 38.3 Å². The van der Waals surface area contributed by atoms with E-state index in [-0.39, 0.29) is 12.0 Å². The van der Waals surface area contributed by atoms with Gasteiger partial charge >= 0.3 is 0 Å². The highest BCUT2D eigenvalue weighted by molar-refractivity contribution is 6.30. The fraction of sp³-hybridized carbons (Fsp3) is 0.278. The van der Waals surface area contributed by atoms with Gasteiger partial charge in [0.15, 0.2) is 0 Å². The van der Waals surface area contributed by atoms with E-state index in [2.05, 4.69) is 5.32 Å². The predicted molar refractivity (Wildman–Crippen MR) is 89.7 cm³/mol.